The fraction of sp³-hybridized carbons (Fsp3) is 0.750. The molecule has 0 bridgehead atoms. The highest BCUT2D eigenvalue weighted by atomic mass is 28.2. The highest BCUT2D eigenvalue weighted by Crippen LogP contribution is 2.65. The Balaban J connectivity index is 2.61. The lowest BCUT2D eigenvalue weighted by Gasteiger charge is -2.54. The molecule has 0 amide bonds. The first-order chi connectivity index (χ1) is 12.5. The molecular weight excluding hydrogens is 348 g/mol. The fourth-order valence-corrected chi connectivity index (χ4v) is 7.00. The van der Waals surface area contributed by atoms with Gasteiger partial charge in [0.2, 0.25) is 0 Å². The summed E-state index contributed by atoms with van der Waals surface area (Å²) in [6, 6.07) is 10.9. The van der Waals surface area contributed by atoms with Crippen molar-refractivity contribution >= 4 is 9.76 Å². The van der Waals surface area contributed by atoms with E-state index in [4.69, 9.17) is 4.43 Å². The summed E-state index contributed by atoms with van der Waals surface area (Å²) < 4.78 is 7.08. The van der Waals surface area contributed by atoms with Crippen molar-refractivity contribution in [2.45, 2.75) is 90.7 Å². The van der Waals surface area contributed by atoms with Crippen LogP contribution in [0.1, 0.15) is 80.2 Å². The van der Waals surface area contributed by atoms with E-state index in [9.17, 15) is 5.11 Å². The molecule has 0 heterocycles. The van der Waals surface area contributed by atoms with Gasteiger partial charge < -0.3 is 9.53 Å². The molecule has 0 saturated heterocycles. The minimum atomic E-state index is -0.755. The van der Waals surface area contributed by atoms with Crippen LogP contribution in [-0.2, 0) is 9.84 Å². The van der Waals surface area contributed by atoms with Gasteiger partial charge >= 0.3 is 0 Å². The molecule has 1 N–H and O–H groups in total. The highest BCUT2D eigenvalue weighted by molar-refractivity contribution is 6.32. The van der Waals surface area contributed by atoms with Crippen LogP contribution < -0.4 is 0 Å². The molecule has 27 heavy (non-hydrogen) atoms. The third-order valence-electron chi connectivity index (χ3n) is 8.12. The molecule has 1 saturated carbocycles. The van der Waals surface area contributed by atoms with Gasteiger partial charge in [-0.05, 0) is 42.2 Å². The molecule has 154 valence electrons. The Morgan fingerprint density at radius 2 is 1.81 bits per heavy atom. The maximum absolute atomic E-state index is 10.6. The Morgan fingerprint density at radius 1 is 1.22 bits per heavy atom. The third-order valence-corrected chi connectivity index (χ3v) is 10.4. The van der Waals surface area contributed by atoms with E-state index >= 15 is 0 Å². The van der Waals surface area contributed by atoms with Crippen LogP contribution in [0, 0.1) is 17.3 Å². The number of aliphatic hydroxyl groups excluding tert-OH is 1. The van der Waals surface area contributed by atoms with E-state index in [0.717, 1.165) is 19.3 Å². The summed E-state index contributed by atoms with van der Waals surface area (Å²) in [5.74, 6) is 1.03. The average Bonchev–Trinajstić information content (AvgIpc) is 2.80. The zero-order chi connectivity index (χ0) is 20.5. The summed E-state index contributed by atoms with van der Waals surface area (Å²) in [7, 11) is -0.755. The van der Waals surface area contributed by atoms with Crippen molar-refractivity contribution in [3.05, 3.63) is 35.9 Å². The number of benzene rings is 1. The number of hydrogen-bond acceptors (Lipinski definition) is 2. The van der Waals surface area contributed by atoms with E-state index in [1.54, 1.807) is 0 Å². The van der Waals surface area contributed by atoms with Gasteiger partial charge in [-0.15, -0.1) is 0 Å². The van der Waals surface area contributed by atoms with Gasteiger partial charge in [0.15, 0.2) is 9.76 Å². The minimum Gasteiger partial charge on any atom is -0.417 e. The van der Waals surface area contributed by atoms with Crippen molar-refractivity contribution in [2.75, 3.05) is 6.61 Å². The van der Waals surface area contributed by atoms with Crippen molar-refractivity contribution in [3.63, 3.8) is 0 Å². The Kier molecular flexibility index (Phi) is 6.71. The Bertz CT molecular complexity index is 614. The first-order valence-electron chi connectivity index (χ1n) is 10.8. The standard InChI is InChI=1S/C24H42O2Si/c1-9-15-24(20-13-11-10-12-14-20)22(7,17-25)16-19(4)23(24,8)26-27-21(5,6)18(2)3/h10-14,18-19,25H,9,15-17,27H2,1-8H3. The van der Waals surface area contributed by atoms with Gasteiger partial charge in [-0.25, -0.2) is 0 Å². The molecular formula is C24H42O2Si. The summed E-state index contributed by atoms with van der Waals surface area (Å²) in [4.78, 5) is 0. The number of aliphatic hydroxyl groups is 1. The molecule has 1 aliphatic rings. The summed E-state index contributed by atoms with van der Waals surface area (Å²) in [5, 5.41) is 10.8. The van der Waals surface area contributed by atoms with Gasteiger partial charge in [-0.3, -0.25) is 0 Å². The highest BCUT2D eigenvalue weighted by Gasteiger charge is 2.67. The van der Waals surface area contributed by atoms with Crippen LogP contribution in [0.25, 0.3) is 0 Å². The van der Waals surface area contributed by atoms with E-state index in [2.05, 4.69) is 85.7 Å². The topological polar surface area (TPSA) is 29.5 Å². The molecule has 1 fully saturated rings. The van der Waals surface area contributed by atoms with Crippen LogP contribution in [0.2, 0.25) is 5.04 Å². The summed E-state index contributed by atoms with van der Waals surface area (Å²) in [6.45, 7) is 18.8. The number of hydrogen-bond donors (Lipinski definition) is 1. The molecule has 1 aliphatic carbocycles. The van der Waals surface area contributed by atoms with Gasteiger partial charge in [0.25, 0.3) is 0 Å². The molecule has 1 aromatic carbocycles. The fourth-order valence-electron chi connectivity index (χ4n) is 5.46. The van der Waals surface area contributed by atoms with Gasteiger partial charge in [-0.1, -0.05) is 85.2 Å². The molecule has 2 rings (SSSR count). The molecule has 4 atom stereocenters. The van der Waals surface area contributed by atoms with Crippen molar-refractivity contribution < 1.29 is 9.53 Å². The zero-order valence-corrected chi connectivity index (χ0v) is 20.3. The smallest absolute Gasteiger partial charge is 0.168 e. The lowest BCUT2D eigenvalue weighted by molar-refractivity contribution is -0.0550. The van der Waals surface area contributed by atoms with Crippen LogP contribution in [0.4, 0.5) is 0 Å². The lowest BCUT2D eigenvalue weighted by atomic mass is 9.56. The molecule has 0 aromatic heterocycles. The summed E-state index contributed by atoms with van der Waals surface area (Å²) in [5.41, 5.74) is 0.755. The Labute approximate surface area is 170 Å². The molecule has 0 spiro atoms. The van der Waals surface area contributed by atoms with Gasteiger partial charge in [-0.2, -0.15) is 0 Å². The Hall–Kier alpha value is -0.643. The second kappa shape index (κ2) is 8.00. The van der Waals surface area contributed by atoms with E-state index in [0.29, 0.717) is 11.8 Å². The summed E-state index contributed by atoms with van der Waals surface area (Å²) >= 11 is 0. The quantitative estimate of drug-likeness (QED) is 0.596. The maximum atomic E-state index is 10.6. The first kappa shape index (κ1) is 22.6. The average molecular weight is 391 g/mol. The van der Waals surface area contributed by atoms with Crippen molar-refractivity contribution in [1.29, 1.82) is 0 Å². The monoisotopic (exact) mass is 390 g/mol. The first-order valence-corrected chi connectivity index (χ1v) is 12.1. The number of rotatable bonds is 8. The third kappa shape index (κ3) is 3.56. The molecule has 0 aliphatic heterocycles. The van der Waals surface area contributed by atoms with E-state index in [-0.39, 0.29) is 28.1 Å². The van der Waals surface area contributed by atoms with Crippen LogP contribution in [0.3, 0.4) is 0 Å². The van der Waals surface area contributed by atoms with E-state index < -0.39 is 9.76 Å². The maximum Gasteiger partial charge on any atom is 0.168 e. The van der Waals surface area contributed by atoms with Gasteiger partial charge in [0, 0.05) is 17.4 Å². The summed E-state index contributed by atoms with van der Waals surface area (Å²) in [6.07, 6.45) is 3.14. The zero-order valence-electron chi connectivity index (χ0n) is 18.9. The minimum absolute atomic E-state index is 0.162. The normalized spacial score (nSPS) is 34.8. The molecule has 1 aromatic rings. The van der Waals surface area contributed by atoms with Crippen molar-refractivity contribution in [2.24, 2.45) is 17.3 Å². The van der Waals surface area contributed by atoms with Crippen LogP contribution in [0.15, 0.2) is 30.3 Å². The van der Waals surface area contributed by atoms with Crippen molar-refractivity contribution in [3.8, 4) is 0 Å². The van der Waals surface area contributed by atoms with Crippen molar-refractivity contribution in [1.82, 2.24) is 0 Å². The molecule has 2 nitrogen and oxygen atoms in total. The second-order valence-corrected chi connectivity index (χ2v) is 12.8. The van der Waals surface area contributed by atoms with Crippen LogP contribution in [0.5, 0.6) is 0 Å². The SMILES string of the molecule is CCCC1(c2ccccc2)C(C)(CO)CC(C)C1(C)O[SiH2]C(C)(C)C(C)C. The van der Waals surface area contributed by atoms with Gasteiger partial charge in [0.05, 0.1) is 5.60 Å². The largest absolute Gasteiger partial charge is 0.417 e. The lowest BCUT2D eigenvalue weighted by Crippen LogP contribution is -2.58. The van der Waals surface area contributed by atoms with Crippen LogP contribution >= 0.6 is 0 Å². The predicted molar refractivity (Wildman–Crippen MR) is 119 cm³/mol. The molecule has 4 unspecified atom stereocenters. The predicted octanol–water partition coefficient (Wildman–Crippen LogP) is 5.48. The second-order valence-electron chi connectivity index (χ2n) is 10.4. The van der Waals surface area contributed by atoms with E-state index in [1.807, 2.05) is 0 Å². The Morgan fingerprint density at radius 3 is 2.30 bits per heavy atom. The van der Waals surface area contributed by atoms with E-state index in [1.165, 1.54) is 5.56 Å². The van der Waals surface area contributed by atoms with Crippen LogP contribution in [-0.4, -0.2) is 27.1 Å². The van der Waals surface area contributed by atoms with Gasteiger partial charge in [0.1, 0.15) is 0 Å². The molecule has 3 heteroatoms. The molecule has 0 radical (unpaired) electrons.